The highest BCUT2D eigenvalue weighted by Gasteiger charge is 2.47. The standard InChI is InChI=1S/C15H13BrCl2FN3O/c16-10-8(17)4-7-12(21-14(18)22-13(7)11(10)19)9-5-15(23-9)2-1-3-20-6-15/h4,9,20H,1-3,5-6H2. The summed E-state index contributed by atoms with van der Waals surface area (Å²) in [6.45, 7) is 1.85. The Hall–Kier alpha value is -0.530. The van der Waals surface area contributed by atoms with Crippen LogP contribution >= 0.6 is 39.1 Å². The molecule has 2 fully saturated rings. The molecular formula is C15H13BrCl2FN3O. The minimum Gasteiger partial charge on any atom is -0.364 e. The summed E-state index contributed by atoms with van der Waals surface area (Å²) in [6.07, 6.45) is 2.73. The van der Waals surface area contributed by atoms with Gasteiger partial charge in [0.2, 0.25) is 5.28 Å². The van der Waals surface area contributed by atoms with Gasteiger partial charge in [-0.05, 0) is 53.0 Å². The van der Waals surface area contributed by atoms with E-state index in [4.69, 9.17) is 27.9 Å². The van der Waals surface area contributed by atoms with Crippen LogP contribution in [0.5, 0.6) is 0 Å². The molecule has 0 saturated carbocycles. The molecular weight excluding hydrogens is 408 g/mol. The van der Waals surface area contributed by atoms with E-state index in [9.17, 15) is 4.39 Å². The van der Waals surface area contributed by atoms with Gasteiger partial charge in [-0.3, -0.25) is 0 Å². The van der Waals surface area contributed by atoms with Crippen LogP contribution in [0.2, 0.25) is 10.3 Å². The Labute approximate surface area is 150 Å². The molecule has 4 rings (SSSR count). The Kier molecular flexibility index (Phi) is 4.01. The van der Waals surface area contributed by atoms with Gasteiger partial charge in [-0.25, -0.2) is 14.4 Å². The van der Waals surface area contributed by atoms with Gasteiger partial charge in [0.05, 0.1) is 20.8 Å². The molecule has 2 atom stereocenters. The molecule has 2 aliphatic heterocycles. The first-order valence-corrected chi connectivity index (χ1v) is 8.93. The topological polar surface area (TPSA) is 47.0 Å². The van der Waals surface area contributed by atoms with Crippen molar-refractivity contribution in [1.82, 2.24) is 15.3 Å². The number of aromatic nitrogens is 2. The number of piperidine rings is 1. The van der Waals surface area contributed by atoms with Gasteiger partial charge in [0.25, 0.3) is 0 Å². The summed E-state index contributed by atoms with van der Waals surface area (Å²) in [5, 5.41) is 4.18. The molecule has 0 bridgehead atoms. The number of ether oxygens (including phenoxy) is 1. The smallest absolute Gasteiger partial charge is 0.223 e. The Balaban J connectivity index is 1.76. The fraction of sp³-hybridized carbons (Fsp3) is 0.467. The number of fused-ring (bicyclic) bond motifs is 1. The van der Waals surface area contributed by atoms with Gasteiger partial charge in [0.1, 0.15) is 11.6 Å². The zero-order valence-electron chi connectivity index (χ0n) is 12.0. The summed E-state index contributed by atoms with van der Waals surface area (Å²) in [7, 11) is 0. The molecule has 3 heterocycles. The summed E-state index contributed by atoms with van der Waals surface area (Å²) in [4.78, 5) is 8.29. The highest BCUT2D eigenvalue weighted by atomic mass is 79.9. The number of nitrogens with one attached hydrogen (secondary N) is 1. The lowest BCUT2D eigenvalue weighted by molar-refractivity contribution is -0.217. The fourth-order valence-electron chi connectivity index (χ4n) is 3.41. The third-order valence-corrected chi connectivity index (χ3v) is 5.99. The second-order valence-corrected chi connectivity index (χ2v) is 7.57. The number of benzene rings is 1. The van der Waals surface area contributed by atoms with Crippen molar-refractivity contribution in [2.24, 2.45) is 0 Å². The first kappa shape index (κ1) is 16.0. The Morgan fingerprint density at radius 1 is 1.39 bits per heavy atom. The van der Waals surface area contributed by atoms with Crippen molar-refractivity contribution >= 4 is 50.0 Å². The molecule has 1 aromatic carbocycles. The number of rotatable bonds is 1. The van der Waals surface area contributed by atoms with Gasteiger partial charge >= 0.3 is 0 Å². The zero-order valence-corrected chi connectivity index (χ0v) is 15.1. The second-order valence-electron chi connectivity index (χ2n) is 6.03. The van der Waals surface area contributed by atoms with E-state index in [0.29, 0.717) is 11.1 Å². The highest BCUT2D eigenvalue weighted by molar-refractivity contribution is 9.10. The third-order valence-electron chi connectivity index (χ3n) is 4.52. The SMILES string of the molecule is Fc1c(Br)c(Cl)cc2c(C3CC4(CCCNC4)O3)nc(Cl)nc12. The van der Waals surface area contributed by atoms with Crippen LogP contribution in [0, 0.1) is 5.82 Å². The third kappa shape index (κ3) is 2.65. The predicted molar refractivity (Wildman–Crippen MR) is 90.5 cm³/mol. The first-order valence-electron chi connectivity index (χ1n) is 7.38. The molecule has 2 aromatic rings. The highest BCUT2D eigenvalue weighted by Crippen LogP contribution is 2.48. The lowest BCUT2D eigenvalue weighted by Crippen LogP contribution is -2.55. The van der Waals surface area contributed by atoms with Gasteiger partial charge in [0.15, 0.2) is 5.82 Å². The number of halogens is 4. The maximum absolute atomic E-state index is 14.4. The molecule has 1 aromatic heterocycles. The van der Waals surface area contributed by atoms with E-state index >= 15 is 0 Å². The van der Waals surface area contributed by atoms with Crippen LogP contribution < -0.4 is 5.32 Å². The average molecular weight is 421 g/mol. The molecule has 8 heteroatoms. The van der Waals surface area contributed by atoms with Crippen LogP contribution in [0.3, 0.4) is 0 Å². The monoisotopic (exact) mass is 419 g/mol. The van der Waals surface area contributed by atoms with Crippen LogP contribution in [-0.2, 0) is 4.74 Å². The van der Waals surface area contributed by atoms with Crippen molar-refractivity contribution in [2.45, 2.75) is 31.0 Å². The molecule has 0 radical (unpaired) electrons. The maximum atomic E-state index is 14.4. The normalized spacial score (nSPS) is 27.4. The molecule has 0 amide bonds. The van der Waals surface area contributed by atoms with Crippen LogP contribution in [0.25, 0.3) is 10.9 Å². The van der Waals surface area contributed by atoms with Crippen molar-refractivity contribution in [3.05, 3.63) is 32.4 Å². The largest absolute Gasteiger partial charge is 0.364 e. The van der Waals surface area contributed by atoms with E-state index < -0.39 is 5.82 Å². The van der Waals surface area contributed by atoms with E-state index in [2.05, 4.69) is 31.2 Å². The molecule has 2 unspecified atom stereocenters. The number of nitrogens with zero attached hydrogens (tertiary/aromatic N) is 2. The van der Waals surface area contributed by atoms with Crippen molar-refractivity contribution in [2.75, 3.05) is 13.1 Å². The number of hydrogen-bond donors (Lipinski definition) is 1. The molecule has 2 aliphatic rings. The Bertz CT molecular complexity index is 790. The summed E-state index contributed by atoms with van der Waals surface area (Å²) < 4.78 is 20.7. The van der Waals surface area contributed by atoms with Crippen molar-refractivity contribution in [3.63, 3.8) is 0 Å². The van der Waals surface area contributed by atoms with Crippen LogP contribution in [0.1, 0.15) is 31.1 Å². The van der Waals surface area contributed by atoms with Crippen LogP contribution in [0.15, 0.2) is 10.5 Å². The predicted octanol–water partition coefficient (Wildman–Crippen LogP) is 4.42. The zero-order chi connectivity index (χ0) is 16.2. The fourth-order valence-corrected chi connectivity index (χ4v) is 4.08. The van der Waals surface area contributed by atoms with Crippen molar-refractivity contribution < 1.29 is 9.13 Å². The summed E-state index contributed by atoms with van der Waals surface area (Å²) >= 11 is 15.2. The van der Waals surface area contributed by atoms with Crippen molar-refractivity contribution in [3.8, 4) is 0 Å². The molecule has 2 saturated heterocycles. The summed E-state index contributed by atoms with van der Waals surface area (Å²) in [5.41, 5.74) is 0.622. The summed E-state index contributed by atoms with van der Waals surface area (Å²) in [6, 6.07) is 1.66. The first-order chi connectivity index (χ1) is 11.0. The van der Waals surface area contributed by atoms with E-state index in [1.54, 1.807) is 6.07 Å². The minimum atomic E-state index is -0.536. The average Bonchev–Trinajstić information content (AvgIpc) is 2.51. The van der Waals surface area contributed by atoms with Crippen molar-refractivity contribution in [1.29, 1.82) is 0 Å². The van der Waals surface area contributed by atoms with E-state index in [-0.39, 0.29) is 32.0 Å². The molecule has 0 aliphatic carbocycles. The number of hydrogen-bond acceptors (Lipinski definition) is 4. The molecule has 1 spiro atoms. The van der Waals surface area contributed by atoms with Crippen LogP contribution in [0.4, 0.5) is 4.39 Å². The lowest BCUT2D eigenvalue weighted by Gasteiger charge is -2.50. The van der Waals surface area contributed by atoms with E-state index in [1.165, 1.54) is 0 Å². The van der Waals surface area contributed by atoms with E-state index in [1.807, 2.05) is 0 Å². The second kappa shape index (κ2) is 5.77. The quantitative estimate of drug-likeness (QED) is 0.547. The van der Waals surface area contributed by atoms with E-state index in [0.717, 1.165) is 32.4 Å². The molecule has 23 heavy (non-hydrogen) atoms. The van der Waals surface area contributed by atoms with Gasteiger partial charge in [0, 0.05) is 18.4 Å². The Morgan fingerprint density at radius 2 is 2.17 bits per heavy atom. The molecule has 4 nitrogen and oxygen atoms in total. The van der Waals surface area contributed by atoms with Gasteiger partial charge in [-0.2, -0.15) is 0 Å². The van der Waals surface area contributed by atoms with Crippen LogP contribution in [-0.4, -0.2) is 28.7 Å². The maximum Gasteiger partial charge on any atom is 0.223 e. The lowest BCUT2D eigenvalue weighted by atomic mass is 9.81. The van der Waals surface area contributed by atoms with Gasteiger partial charge < -0.3 is 10.1 Å². The van der Waals surface area contributed by atoms with Gasteiger partial charge in [-0.1, -0.05) is 11.6 Å². The molecule has 122 valence electrons. The summed E-state index contributed by atoms with van der Waals surface area (Å²) in [5.74, 6) is -0.536. The Morgan fingerprint density at radius 3 is 2.87 bits per heavy atom. The minimum absolute atomic E-state index is 0.00643. The molecule has 1 N–H and O–H groups in total. The van der Waals surface area contributed by atoms with Gasteiger partial charge in [-0.15, -0.1) is 0 Å².